The zero-order chi connectivity index (χ0) is 16.8. The monoisotopic (exact) mass is 389 g/mol. The molecule has 0 atom stereocenters. The number of methoxy groups -OCH3 is 1. The van der Waals surface area contributed by atoms with Gasteiger partial charge in [-0.25, -0.2) is 8.78 Å². The van der Waals surface area contributed by atoms with Crippen molar-refractivity contribution in [2.75, 3.05) is 26.9 Å². The minimum Gasteiger partial charge on any atom is -0.491 e. The molecule has 0 aliphatic carbocycles. The Hall–Kier alpha value is -1.47. The Labute approximate surface area is 142 Å². The van der Waals surface area contributed by atoms with Gasteiger partial charge in [-0.1, -0.05) is 6.08 Å². The Morgan fingerprint density at radius 3 is 2.78 bits per heavy atom. The van der Waals surface area contributed by atoms with E-state index in [0.717, 1.165) is 4.90 Å². The van der Waals surface area contributed by atoms with Crippen LogP contribution in [-0.4, -0.2) is 44.1 Å². The van der Waals surface area contributed by atoms with Gasteiger partial charge in [0.1, 0.15) is 12.4 Å². The fraction of sp³-hybridized carbons (Fsp3) is 0.438. The van der Waals surface area contributed by atoms with Crippen LogP contribution in [0, 0.1) is 0 Å². The van der Waals surface area contributed by atoms with Gasteiger partial charge in [0.05, 0.1) is 13.2 Å². The molecule has 4 nitrogen and oxygen atoms in total. The highest BCUT2D eigenvalue weighted by Crippen LogP contribution is 2.33. The molecule has 0 unspecified atom stereocenters. The second kappa shape index (κ2) is 8.40. The lowest BCUT2D eigenvalue weighted by molar-refractivity contribution is -0.129. The highest BCUT2D eigenvalue weighted by molar-refractivity contribution is 9.10. The second-order valence-corrected chi connectivity index (χ2v) is 5.86. The van der Waals surface area contributed by atoms with Gasteiger partial charge >= 0.3 is 0 Å². The summed E-state index contributed by atoms with van der Waals surface area (Å²) in [6.45, 7) is 0.297. The lowest BCUT2D eigenvalue weighted by Crippen LogP contribution is -2.35. The minimum atomic E-state index is -2.57. The van der Waals surface area contributed by atoms with E-state index < -0.39 is 13.0 Å². The Kier molecular flexibility index (Phi) is 6.53. The first-order chi connectivity index (χ1) is 11.0. The summed E-state index contributed by atoms with van der Waals surface area (Å²) in [5.74, 6) is 0.357. The lowest BCUT2D eigenvalue weighted by atomic mass is 10.0. The van der Waals surface area contributed by atoms with Gasteiger partial charge in [-0.15, -0.1) is 0 Å². The number of benzene rings is 1. The summed E-state index contributed by atoms with van der Waals surface area (Å²) in [7, 11) is 1.59. The predicted octanol–water partition coefficient (Wildman–Crippen LogP) is 3.70. The van der Waals surface area contributed by atoms with Crippen LogP contribution in [0.25, 0.3) is 5.70 Å². The molecule has 0 fully saturated rings. The average Bonchev–Trinajstić information content (AvgIpc) is 2.50. The number of ether oxygens (including phenoxy) is 2. The van der Waals surface area contributed by atoms with Crippen molar-refractivity contribution in [1.82, 2.24) is 4.90 Å². The van der Waals surface area contributed by atoms with Crippen LogP contribution in [0.15, 0.2) is 28.7 Å². The van der Waals surface area contributed by atoms with E-state index in [4.69, 9.17) is 9.47 Å². The lowest BCUT2D eigenvalue weighted by Gasteiger charge is -2.29. The summed E-state index contributed by atoms with van der Waals surface area (Å²) >= 11 is 3.43. The molecule has 23 heavy (non-hydrogen) atoms. The normalized spacial score (nSPS) is 15.1. The molecule has 1 aromatic rings. The van der Waals surface area contributed by atoms with Crippen molar-refractivity contribution in [1.29, 1.82) is 0 Å². The largest absolute Gasteiger partial charge is 0.491 e. The number of alkyl halides is 2. The number of nitrogens with zero attached hydrogens (tertiary/aromatic N) is 1. The van der Waals surface area contributed by atoms with Gasteiger partial charge in [-0.2, -0.15) is 0 Å². The first kappa shape index (κ1) is 17.9. The van der Waals surface area contributed by atoms with Crippen molar-refractivity contribution in [3.05, 3.63) is 34.3 Å². The predicted molar refractivity (Wildman–Crippen MR) is 86.4 cm³/mol. The molecule has 1 aliphatic heterocycles. The molecule has 2 rings (SSSR count). The molecule has 0 saturated carbocycles. The van der Waals surface area contributed by atoms with Gasteiger partial charge in [0.2, 0.25) is 5.91 Å². The summed E-state index contributed by atoms with van der Waals surface area (Å²) < 4.78 is 36.6. The maximum absolute atomic E-state index is 12.8. The molecule has 0 saturated heterocycles. The SMILES string of the molecule is COCCOc1ccc(C2=CCCC(=O)N2CC(F)F)c(Br)c1. The van der Waals surface area contributed by atoms with Crippen LogP contribution in [0.3, 0.4) is 0 Å². The molecular weight excluding hydrogens is 372 g/mol. The van der Waals surface area contributed by atoms with Gasteiger partial charge in [-0.05, 0) is 40.5 Å². The summed E-state index contributed by atoms with van der Waals surface area (Å²) in [6, 6.07) is 5.26. The van der Waals surface area contributed by atoms with Crippen LogP contribution in [0.5, 0.6) is 5.75 Å². The minimum absolute atomic E-state index is 0.256. The smallest absolute Gasteiger partial charge is 0.256 e. The maximum Gasteiger partial charge on any atom is 0.256 e. The van der Waals surface area contributed by atoms with Gasteiger partial charge < -0.3 is 14.4 Å². The number of amides is 1. The van der Waals surface area contributed by atoms with Gasteiger partial charge in [0, 0.05) is 29.3 Å². The van der Waals surface area contributed by atoms with E-state index in [1.54, 1.807) is 25.3 Å². The molecule has 0 N–H and O–H groups in total. The molecule has 0 aromatic heterocycles. The number of rotatable bonds is 7. The third-order valence-corrected chi connectivity index (χ3v) is 4.04. The van der Waals surface area contributed by atoms with Crippen molar-refractivity contribution in [2.24, 2.45) is 0 Å². The van der Waals surface area contributed by atoms with E-state index in [1.165, 1.54) is 0 Å². The summed E-state index contributed by atoms with van der Waals surface area (Å²) in [5, 5.41) is 0. The molecule has 126 valence electrons. The van der Waals surface area contributed by atoms with Crippen LogP contribution < -0.4 is 4.74 Å². The number of carbonyl (C=O) groups excluding carboxylic acids is 1. The Morgan fingerprint density at radius 1 is 1.35 bits per heavy atom. The Balaban J connectivity index is 2.21. The van der Waals surface area contributed by atoms with Crippen LogP contribution in [0.4, 0.5) is 8.78 Å². The topological polar surface area (TPSA) is 38.8 Å². The third-order valence-electron chi connectivity index (χ3n) is 3.38. The van der Waals surface area contributed by atoms with Gasteiger partial charge in [0.25, 0.3) is 6.43 Å². The maximum atomic E-state index is 12.8. The van der Waals surface area contributed by atoms with E-state index >= 15 is 0 Å². The van der Waals surface area contributed by atoms with Crippen molar-refractivity contribution in [3.63, 3.8) is 0 Å². The third kappa shape index (κ3) is 4.75. The van der Waals surface area contributed by atoms with Gasteiger partial charge in [0.15, 0.2) is 0 Å². The Bertz CT molecular complexity index is 593. The highest BCUT2D eigenvalue weighted by Gasteiger charge is 2.26. The highest BCUT2D eigenvalue weighted by atomic mass is 79.9. The zero-order valence-electron chi connectivity index (χ0n) is 12.7. The van der Waals surface area contributed by atoms with E-state index in [-0.39, 0.29) is 12.3 Å². The molecule has 0 radical (unpaired) electrons. The summed E-state index contributed by atoms with van der Waals surface area (Å²) in [6.07, 6.45) is 0.0456. The number of allylic oxidation sites excluding steroid dienone is 1. The average molecular weight is 390 g/mol. The molecule has 1 amide bonds. The first-order valence-electron chi connectivity index (χ1n) is 7.23. The van der Waals surface area contributed by atoms with E-state index in [9.17, 15) is 13.6 Å². The van der Waals surface area contributed by atoms with Gasteiger partial charge in [-0.3, -0.25) is 4.79 Å². The number of carbonyl (C=O) groups is 1. The fourth-order valence-electron chi connectivity index (χ4n) is 2.34. The molecule has 1 aromatic carbocycles. The van der Waals surface area contributed by atoms with Crippen molar-refractivity contribution < 1.29 is 23.0 Å². The van der Waals surface area contributed by atoms with Crippen molar-refractivity contribution in [3.8, 4) is 5.75 Å². The van der Waals surface area contributed by atoms with Crippen LogP contribution in [0.1, 0.15) is 18.4 Å². The van der Waals surface area contributed by atoms with Crippen LogP contribution >= 0.6 is 15.9 Å². The quantitative estimate of drug-likeness (QED) is 0.667. The van der Waals surface area contributed by atoms with Crippen molar-refractivity contribution >= 4 is 27.5 Å². The van der Waals surface area contributed by atoms with Crippen molar-refractivity contribution in [2.45, 2.75) is 19.3 Å². The summed E-state index contributed by atoms with van der Waals surface area (Å²) in [4.78, 5) is 13.1. The van der Waals surface area contributed by atoms with E-state index in [2.05, 4.69) is 15.9 Å². The summed E-state index contributed by atoms with van der Waals surface area (Å²) in [5.41, 5.74) is 1.20. The molecule has 1 heterocycles. The van der Waals surface area contributed by atoms with E-state index in [1.807, 2.05) is 6.08 Å². The number of halogens is 3. The molecular formula is C16H18BrF2NO3. The van der Waals surface area contributed by atoms with Crippen LogP contribution in [0.2, 0.25) is 0 Å². The number of hydrogen-bond acceptors (Lipinski definition) is 3. The fourth-order valence-corrected chi connectivity index (χ4v) is 2.90. The Morgan fingerprint density at radius 2 is 2.13 bits per heavy atom. The first-order valence-corrected chi connectivity index (χ1v) is 8.02. The molecule has 0 bridgehead atoms. The van der Waals surface area contributed by atoms with E-state index in [0.29, 0.717) is 41.1 Å². The number of hydrogen-bond donors (Lipinski definition) is 0. The second-order valence-electron chi connectivity index (χ2n) is 5.01. The van der Waals surface area contributed by atoms with Crippen LogP contribution in [-0.2, 0) is 9.53 Å². The standard InChI is InChI=1S/C16H18BrF2NO3/c1-22-7-8-23-11-5-6-12(13(17)9-11)14-3-2-4-16(21)20(14)10-15(18)19/h3,5-6,9,15H,2,4,7-8,10H2,1H3. The molecule has 1 aliphatic rings. The zero-order valence-corrected chi connectivity index (χ0v) is 14.3. The molecule has 0 spiro atoms. The molecule has 7 heteroatoms.